The first-order chi connectivity index (χ1) is 13.2. The maximum absolute atomic E-state index is 12.2. The second kappa shape index (κ2) is 10.3. The zero-order valence-electron chi connectivity index (χ0n) is 15.8. The Balaban J connectivity index is 1.76. The minimum absolute atomic E-state index is 0.0512. The van der Waals surface area contributed by atoms with Crippen molar-refractivity contribution in [2.24, 2.45) is 5.92 Å². The minimum Gasteiger partial charge on any atom is -0.406 e. The van der Waals surface area contributed by atoms with E-state index in [1.165, 1.54) is 12.1 Å². The molecule has 1 aliphatic heterocycles. The number of benzene rings is 1. The summed E-state index contributed by atoms with van der Waals surface area (Å²) in [6, 6.07) is 5.03. The molecule has 1 fully saturated rings. The molecule has 2 amide bonds. The summed E-state index contributed by atoms with van der Waals surface area (Å²) in [5.41, 5.74) is 0.403. The number of halogens is 3. The fraction of sp³-hybridized carbons (Fsp3) is 0.579. The van der Waals surface area contributed by atoms with E-state index in [2.05, 4.69) is 15.4 Å². The van der Waals surface area contributed by atoms with Gasteiger partial charge in [-0.25, -0.2) is 0 Å². The Hall–Kier alpha value is -2.29. The highest BCUT2D eigenvalue weighted by Gasteiger charge is 2.31. The molecule has 1 saturated heterocycles. The van der Waals surface area contributed by atoms with Gasteiger partial charge in [0.25, 0.3) is 0 Å². The number of piperidine rings is 1. The first-order valence-electron chi connectivity index (χ1n) is 9.40. The second-order valence-electron chi connectivity index (χ2n) is 6.92. The van der Waals surface area contributed by atoms with Gasteiger partial charge in [0.15, 0.2) is 0 Å². The average Bonchev–Trinajstić information content (AvgIpc) is 2.61. The van der Waals surface area contributed by atoms with Crippen molar-refractivity contribution in [3.63, 3.8) is 0 Å². The molecule has 2 N–H and O–H groups in total. The average molecular weight is 401 g/mol. The van der Waals surface area contributed by atoms with Gasteiger partial charge in [0.05, 0.1) is 6.54 Å². The number of anilines is 1. The summed E-state index contributed by atoms with van der Waals surface area (Å²) in [6.45, 7) is 4.28. The lowest BCUT2D eigenvalue weighted by Crippen LogP contribution is -2.43. The number of hydrogen-bond acceptors (Lipinski definition) is 4. The van der Waals surface area contributed by atoms with Crippen molar-refractivity contribution in [1.82, 2.24) is 10.2 Å². The van der Waals surface area contributed by atoms with Crippen molar-refractivity contribution < 1.29 is 27.5 Å². The molecule has 0 aromatic heterocycles. The summed E-state index contributed by atoms with van der Waals surface area (Å²) in [4.78, 5) is 25.8. The largest absolute Gasteiger partial charge is 0.573 e. The van der Waals surface area contributed by atoms with Crippen LogP contribution in [0.2, 0.25) is 0 Å². The van der Waals surface area contributed by atoms with Gasteiger partial charge in [-0.3, -0.25) is 14.5 Å². The lowest BCUT2D eigenvalue weighted by atomic mass is 9.98. The van der Waals surface area contributed by atoms with Gasteiger partial charge in [0.2, 0.25) is 11.8 Å². The molecular formula is C19H26F3N3O3. The number of nitrogens with zero attached hydrogens (tertiary/aromatic N) is 1. The number of carbonyl (C=O) groups is 2. The van der Waals surface area contributed by atoms with Crippen LogP contribution in [0.5, 0.6) is 5.75 Å². The van der Waals surface area contributed by atoms with Gasteiger partial charge in [0, 0.05) is 25.2 Å². The predicted molar refractivity (Wildman–Crippen MR) is 98.8 cm³/mol. The molecule has 1 aromatic carbocycles. The van der Waals surface area contributed by atoms with E-state index in [1.807, 2.05) is 11.8 Å². The maximum Gasteiger partial charge on any atom is 0.573 e. The zero-order chi connectivity index (χ0) is 20.6. The number of nitrogens with one attached hydrogen (secondary N) is 2. The van der Waals surface area contributed by atoms with Crippen LogP contribution in [-0.2, 0) is 9.59 Å². The third-order valence-corrected chi connectivity index (χ3v) is 4.41. The Bertz CT molecular complexity index is 650. The topological polar surface area (TPSA) is 70.7 Å². The van der Waals surface area contributed by atoms with Crippen LogP contribution < -0.4 is 15.4 Å². The van der Waals surface area contributed by atoms with Gasteiger partial charge in [-0.15, -0.1) is 13.2 Å². The van der Waals surface area contributed by atoms with Crippen LogP contribution in [0.15, 0.2) is 24.3 Å². The molecule has 1 unspecified atom stereocenters. The highest BCUT2D eigenvalue weighted by atomic mass is 19.4. The molecule has 0 bridgehead atoms. The molecular weight excluding hydrogens is 375 g/mol. The number of rotatable bonds is 8. The molecule has 2 rings (SSSR count). The van der Waals surface area contributed by atoms with Crippen molar-refractivity contribution >= 4 is 17.5 Å². The van der Waals surface area contributed by atoms with E-state index in [0.717, 1.165) is 44.5 Å². The maximum atomic E-state index is 12.2. The predicted octanol–water partition coefficient (Wildman–Crippen LogP) is 3.15. The number of amides is 2. The van der Waals surface area contributed by atoms with Crippen molar-refractivity contribution in [1.29, 1.82) is 0 Å². The first-order valence-corrected chi connectivity index (χ1v) is 9.40. The van der Waals surface area contributed by atoms with Gasteiger partial charge in [-0.1, -0.05) is 6.92 Å². The van der Waals surface area contributed by atoms with E-state index < -0.39 is 6.36 Å². The standard InChI is InChI=1S/C19H26F3N3O3/c1-2-4-17(26)23-11-14-5-3-10-25(12-14)13-18(27)24-15-6-8-16(9-7-15)28-19(20,21)22/h6-9,14H,2-5,10-13H2,1H3,(H,23,26)(H,24,27). The number of ether oxygens (including phenoxy) is 1. The number of carbonyl (C=O) groups excluding carboxylic acids is 2. The van der Waals surface area contributed by atoms with E-state index in [-0.39, 0.29) is 24.1 Å². The minimum atomic E-state index is -4.74. The van der Waals surface area contributed by atoms with Crippen LogP contribution in [0.1, 0.15) is 32.6 Å². The molecule has 0 aliphatic carbocycles. The quantitative estimate of drug-likeness (QED) is 0.702. The smallest absolute Gasteiger partial charge is 0.406 e. The molecule has 1 atom stereocenters. The zero-order valence-corrected chi connectivity index (χ0v) is 15.8. The van der Waals surface area contributed by atoms with E-state index in [0.29, 0.717) is 24.6 Å². The third kappa shape index (κ3) is 8.16. The summed E-state index contributed by atoms with van der Waals surface area (Å²) >= 11 is 0. The van der Waals surface area contributed by atoms with Crippen LogP contribution >= 0.6 is 0 Å². The van der Waals surface area contributed by atoms with Crippen LogP contribution in [-0.4, -0.2) is 49.3 Å². The number of likely N-dealkylation sites (tertiary alicyclic amines) is 1. The van der Waals surface area contributed by atoms with Crippen LogP contribution in [0.4, 0.5) is 18.9 Å². The molecule has 0 radical (unpaired) electrons. The normalized spacial score (nSPS) is 17.8. The van der Waals surface area contributed by atoms with Gasteiger partial charge in [0.1, 0.15) is 5.75 Å². The monoisotopic (exact) mass is 401 g/mol. The Labute approximate surface area is 162 Å². The highest BCUT2D eigenvalue weighted by Crippen LogP contribution is 2.24. The molecule has 0 saturated carbocycles. The lowest BCUT2D eigenvalue weighted by molar-refractivity contribution is -0.274. The van der Waals surface area contributed by atoms with Crippen molar-refractivity contribution in [2.75, 3.05) is 31.5 Å². The Morgan fingerprint density at radius 2 is 1.93 bits per heavy atom. The van der Waals surface area contributed by atoms with E-state index in [4.69, 9.17) is 0 Å². The number of alkyl halides is 3. The van der Waals surface area contributed by atoms with Gasteiger partial charge < -0.3 is 15.4 Å². The van der Waals surface area contributed by atoms with Crippen LogP contribution in [0, 0.1) is 5.92 Å². The summed E-state index contributed by atoms with van der Waals surface area (Å²) in [6.07, 6.45) is -1.46. The Morgan fingerprint density at radius 1 is 1.21 bits per heavy atom. The SMILES string of the molecule is CCCC(=O)NCC1CCCN(CC(=O)Nc2ccc(OC(F)(F)F)cc2)C1. The van der Waals surface area contributed by atoms with Crippen molar-refractivity contribution in [3.05, 3.63) is 24.3 Å². The van der Waals surface area contributed by atoms with E-state index in [1.54, 1.807) is 0 Å². The highest BCUT2D eigenvalue weighted by molar-refractivity contribution is 5.92. The summed E-state index contributed by atoms with van der Waals surface area (Å²) in [5.74, 6) is -0.217. The molecule has 0 spiro atoms. The van der Waals surface area contributed by atoms with Gasteiger partial charge in [-0.2, -0.15) is 0 Å². The first kappa shape index (κ1) is 22.0. The Kier molecular flexibility index (Phi) is 8.10. The lowest BCUT2D eigenvalue weighted by Gasteiger charge is -2.32. The van der Waals surface area contributed by atoms with Gasteiger partial charge in [-0.05, 0) is 56.0 Å². The molecule has 9 heteroatoms. The van der Waals surface area contributed by atoms with Gasteiger partial charge >= 0.3 is 6.36 Å². The summed E-state index contributed by atoms with van der Waals surface area (Å²) in [7, 11) is 0. The summed E-state index contributed by atoms with van der Waals surface area (Å²) < 4.78 is 40.3. The van der Waals surface area contributed by atoms with Crippen LogP contribution in [0.25, 0.3) is 0 Å². The van der Waals surface area contributed by atoms with E-state index >= 15 is 0 Å². The fourth-order valence-corrected chi connectivity index (χ4v) is 3.18. The molecule has 28 heavy (non-hydrogen) atoms. The molecule has 156 valence electrons. The molecule has 1 aliphatic rings. The van der Waals surface area contributed by atoms with Crippen LogP contribution in [0.3, 0.4) is 0 Å². The fourth-order valence-electron chi connectivity index (χ4n) is 3.18. The van der Waals surface area contributed by atoms with Crippen molar-refractivity contribution in [3.8, 4) is 5.75 Å². The molecule has 6 nitrogen and oxygen atoms in total. The second-order valence-corrected chi connectivity index (χ2v) is 6.92. The van der Waals surface area contributed by atoms with E-state index in [9.17, 15) is 22.8 Å². The summed E-state index contributed by atoms with van der Waals surface area (Å²) in [5, 5.41) is 5.60. The molecule has 1 heterocycles. The number of hydrogen-bond donors (Lipinski definition) is 2. The van der Waals surface area contributed by atoms with Crippen molar-refractivity contribution in [2.45, 2.75) is 39.0 Å². The Morgan fingerprint density at radius 3 is 2.57 bits per heavy atom. The third-order valence-electron chi connectivity index (χ3n) is 4.41. The molecule has 1 aromatic rings.